The second-order valence-electron chi connectivity index (χ2n) is 2.63. The van der Waals surface area contributed by atoms with Crippen molar-refractivity contribution < 1.29 is 9.13 Å². The number of ether oxygens (including phenoxy) is 1. The summed E-state index contributed by atoms with van der Waals surface area (Å²) in [5, 5.41) is 0. The Morgan fingerprint density at radius 3 is 2.58 bits per heavy atom. The van der Waals surface area contributed by atoms with Gasteiger partial charge in [0.1, 0.15) is 18.5 Å². The van der Waals surface area contributed by atoms with Crippen LogP contribution in [0.1, 0.15) is 13.3 Å². The summed E-state index contributed by atoms with van der Waals surface area (Å²) >= 11 is 0. The molecule has 0 saturated carbocycles. The van der Waals surface area contributed by atoms with Gasteiger partial charge in [-0.25, -0.2) is 4.39 Å². The summed E-state index contributed by atoms with van der Waals surface area (Å²) < 4.78 is 17.9. The maximum absolute atomic E-state index is 12.7. The van der Waals surface area contributed by atoms with Crippen LogP contribution in [0.2, 0.25) is 0 Å². The fraction of sp³-hybridized carbons (Fsp3) is 0.400. The van der Waals surface area contributed by atoms with Gasteiger partial charge in [0.15, 0.2) is 0 Å². The lowest BCUT2D eigenvalue weighted by atomic mass is 10.3. The van der Waals surface area contributed by atoms with Crippen LogP contribution < -0.4 is 4.74 Å². The van der Waals surface area contributed by atoms with Crippen LogP contribution in [-0.2, 0) is 0 Å². The van der Waals surface area contributed by atoms with E-state index >= 15 is 0 Å². The molecule has 0 aliphatic carbocycles. The Morgan fingerprint density at radius 2 is 2.00 bits per heavy atom. The fourth-order valence-corrected chi connectivity index (χ4v) is 0.821. The van der Waals surface area contributed by atoms with Crippen LogP contribution in [0.3, 0.4) is 0 Å². The minimum absolute atomic E-state index is 0.153. The Balaban J connectivity index is 2.33. The van der Waals surface area contributed by atoms with E-state index in [1.807, 2.05) is 30.3 Å². The first-order valence-electron chi connectivity index (χ1n) is 4.15. The van der Waals surface area contributed by atoms with Gasteiger partial charge in [0.05, 0.1) is 0 Å². The molecular weight excluding hydrogens is 155 g/mol. The van der Waals surface area contributed by atoms with Gasteiger partial charge in [-0.2, -0.15) is 0 Å². The zero-order valence-electron chi connectivity index (χ0n) is 7.16. The van der Waals surface area contributed by atoms with Crippen molar-refractivity contribution in [2.45, 2.75) is 19.5 Å². The van der Waals surface area contributed by atoms with Crippen molar-refractivity contribution in [2.75, 3.05) is 6.61 Å². The van der Waals surface area contributed by atoms with E-state index in [1.165, 1.54) is 0 Å². The minimum atomic E-state index is -0.856. The third-order valence-corrected chi connectivity index (χ3v) is 1.62. The third-order valence-electron chi connectivity index (χ3n) is 1.62. The van der Waals surface area contributed by atoms with Gasteiger partial charge >= 0.3 is 0 Å². The molecule has 12 heavy (non-hydrogen) atoms. The molecule has 1 unspecified atom stereocenters. The number of halogens is 1. The standard InChI is InChI=1S/C10H13FO/c1-2-9(11)8-12-10-6-4-3-5-7-10/h3-7,9H,2,8H2,1H3. The average Bonchev–Trinajstić information content (AvgIpc) is 2.16. The predicted molar refractivity (Wildman–Crippen MR) is 47.1 cm³/mol. The highest BCUT2D eigenvalue weighted by Crippen LogP contribution is 2.09. The first-order chi connectivity index (χ1) is 5.83. The van der Waals surface area contributed by atoms with Gasteiger partial charge in [0.25, 0.3) is 0 Å². The molecule has 0 amide bonds. The maximum atomic E-state index is 12.7. The molecule has 2 heteroatoms. The van der Waals surface area contributed by atoms with Gasteiger partial charge in [-0.05, 0) is 18.6 Å². The molecule has 1 atom stereocenters. The molecular formula is C10H13FO. The van der Waals surface area contributed by atoms with Crippen molar-refractivity contribution >= 4 is 0 Å². The van der Waals surface area contributed by atoms with E-state index < -0.39 is 6.17 Å². The van der Waals surface area contributed by atoms with E-state index in [0.29, 0.717) is 6.42 Å². The monoisotopic (exact) mass is 168 g/mol. The summed E-state index contributed by atoms with van der Waals surface area (Å²) in [6.07, 6.45) is -0.350. The van der Waals surface area contributed by atoms with Gasteiger partial charge in [0, 0.05) is 0 Å². The molecule has 0 fully saturated rings. The molecule has 0 aliphatic rings. The normalized spacial score (nSPS) is 12.5. The number of benzene rings is 1. The zero-order valence-corrected chi connectivity index (χ0v) is 7.16. The Kier molecular flexibility index (Phi) is 3.58. The van der Waals surface area contributed by atoms with E-state index in [2.05, 4.69) is 0 Å². The molecule has 0 aliphatic heterocycles. The average molecular weight is 168 g/mol. The van der Waals surface area contributed by atoms with Crippen molar-refractivity contribution in [3.63, 3.8) is 0 Å². The second-order valence-corrected chi connectivity index (χ2v) is 2.63. The Hall–Kier alpha value is -1.05. The number of hydrogen-bond acceptors (Lipinski definition) is 1. The first kappa shape index (κ1) is 9.04. The zero-order chi connectivity index (χ0) is 8.81. The Bertz CT molecular complexity index is 210. The molecule has 1 nitrogen and oxygen atoms in total. The second kappa shape index (κ2) is 4.75. The van der Waals surface area contributed by atoms with Gasteiger partial charge in [-0.15, -0.1) is 0 Å². The lowest BCUT2D eigenvalue weighted by Gasteiger charge is -2.07. The smallest absolute Gasteiger partial charge is 0.134 e. The SMILES string of the molecule is CCC(F)COc1ccccc1. The van der Waals surface area contributed by atoms with Gasteiger partial charge in [-0.3, -0.25) is 0 Å². The van der Waals surface area contributed by atoms with Crippen LogP contribution in [0.5, 0.6) is 5.75 Å². The van der Waals surface area contributed by atoms with E-state index in [9.17, 15) is 4.39 Å². The molecule has 1 aromatic carbocycles. The van der Waals surface area contributed by atoms with E-state index in [4.69, 9.17) is 4.74 Å². The third kappa shape index (κ3) is 2.91. The summed E-state index contributed by atoms with van der Waals surface area (Å²) in [6.45, 7) is 1.96. The van der Waals surface area contributed by atoms with Crippen molar-refractivity contribution in [3.05, 3.63) is 30.3 Å². The first-order valence-corrected chi connectivity index (χ1v) is 4.15. The maximum Gasteiger partial charge on any atom is 0.134 e. The minimum Gasteiger partial charge on any atom is -0.491 e. The predicted octanol–water partition coefficient (Wildman–Crippen LogP) is 2.81. The molecule has 1 rings (SSSR count). The van der Waals surface area contributed by atoms with Crippen molar-refractivity contribution in [3.8, 4) is 5.75 Å². The van der Waals surface area contributed by atoms with Crippen molar-refractivity contribution in [1.29, 1.82) is 0 Å². The van der Waals surface area contributed by atoms with Crippen LogP contribution in [-0.4, -0.2) is 12.8 Å². The van der Waals surface area contributed by atoms with Gasteiger partial charge in [-0.1, -0.05) is 25.1 Å². The highest BCUT2D eigenvalue weighted by Gasteiger charge is 2.02. The summed E-state index contributed by atoms with van der Waals surface area (Å²) in [7, 11) is 0. The lowest BCUT2D eigenvalue weighted by molar-refractivity contribution is 0.192. The van der Waals surface area contributed by atoms with Crippen LogP contribution in [0.4, 0.5) is 4.39 Å². The van der Waals surface area contributed by atoms with E-state index in [0.717, 1.165) is 5.75 Å². The largest absolute Gasteiger partial charge is 0.491 e. The van der Waals surface area contributed by atoms with E-state index in [-0.39, 0.29) is 6.61 Å². The van der Waals surface area contributed by atoms with Gasteiger partial charge in [0.2, 0.25) is 0 Å². The van der Waals surface area contributed by atoms with Crippen molar-refractivity contribution in [1.82, 2.24) is 0 Å². The molecule has 0 spiro atoms. The molecule has 0 aromatic heterocycles. The molecule has 0 heterocycles. The van der Waals surface area contributed by atoms with Crippen LogP contribution in [0.25, 0.3) is 0 Å². The molecule has 66 valence electrons. The Labute approximate surface area is 72.2 Å². The van der Waals surface area contributed by atoms with Crippen LogP contribution >= 0.6 is 0 Å². The Morgan fingerprint density at radius 1 is 1.33 bits per heavy atom. The molecule has 1 aromatic rings. The van der Waals surface area contributed by atoms with E-state index in [1.54, 1.807) is 6.92 Å². The van der Waals surface area contributed by atoms with Crippen molar-refractivity contribution in [2.24, 2.45) is 0 Å². The van der Waals surface area contributed by atoms with Crippen LogP contribution in [0.15, 0.2) is 30.3 Å². The summed E-state index contributed by atoms with van der Waals surface area (Å²) in [4.78, 5) is 0. The highest BCUT2D eigenvalue weighted by molar-refractivity contribution is 5.20. The lowest BCUT2D eigenvalue weighted by Crippen LogP contribution is -2.11. The topological polar surface area (TPSA) is 9.23 Å². The molecule has 0 saturated heterocycles. The van der Waals surface area contributed by atoms with Crippen LogP contribution in [0, 0.1) is 0 Å². The fourth-order valence-electron chi connectivity index (χ4n) is 0.821. The highest BCUT2D eigenvalue weighted by atomic mass is 19.1. The summed E-state index contributed by atoms with van der Waals surface area (Å²) in [5.74, 6) is 0.730. The molecule has 0 N–H and O–H groups in total. The number of alkyl halides is 1. The molecule has 0 bridgehead atoms. The summed E-state index contributed by atoms with van der Waals surface area (Å²) in [5.41, 5.74) is 0. The molecule has 0 radical (unpaired) electrons. The number of hydrogen-bond donors (Lipinski definition) is 0. The number of para-hydroxylation sites is 1. The summed E-state index contributed by atoms with van der Waals surface area (Å²) in [6, 6.07) is 9.29. The number of rotatable bonds is 4. The van der Waals surface area contributed by atoms with Gasteiger partial charge < -0.3 is 4.74 Å². The quantitative estimate of drug-likeness (QED) is 0.671.